The third kappa shape index (κ3) is 3.08. The Morgan fingerprint density at radius 2 is 2.00 bits per heavy atom. The van der Waals surface area contributed by atoms with Gasteiger partial charge in [0.15, 0.2) is 11.6 Å². The minimum atomic E-state index is -0.470. The van der Waals surface area contributed by atoms with Crippen LogP contribution in [0.4, 0.5) is 4.39 Å². The molecule has 2 aromatic rings. The Morgan fingerprint density at radius 1 is 1.26 bits per heavy atom. The van der Waals surface area contributed by atoms with Crippen molar-refractivity contribution in [3.05, 3.63) is 56.8 Å². The third-order valence-electron chi connectivity index (χ3n) is 2.72. The van der Waals surface area contributed by atoms with Gasteiger partial charge in [-0.2, -0.15) is 0 Å². The van der Waals surface area contributed by atoms with E-state index in [1.807, 2.05) is 13.0 Å². The molecular formula is C14H12BrClFNO. The first kappa shape index (κ1) is 14.3. The Labute approximate surface area is 124 Å². The summed E-state index contributed by atoms with van der Waals surface area (Å²) in [6, 6.07) is 8.51. The van der Waals surface area contributed by atoms with E-state index >= 15 is 0 Å². The zero-order valence-electron chi connectivity index (χ0n) is 10.2. The molecule has 0 radical (unpaired) electrons. The van der Waals surface area contributed by atoms with Gasteiger partial charge in [-0.25, -0.2) is 4.39 Å². The van der Waals surface area contributed by atoms with Crippen molar-refractivity contribution in [2.24, 2.45) is 5.73 Å². The molecule has 0 heterocycles. The summed E-state index contributed by atoms with van der Waals surface area (Å²) in [6.45, 7) is 2.13. The maximum Gasteiger partial charge on any atom is 0.180 e. The molecule has 0 aliphatic heterocycles. The second kappa shape index (κ2) is 5.90. The fourth-order valence-corrected chi connectivity index (χ4v) is 2.26. The Balaban J connectivity index is 2.39. The quantitative estimate of drug-likeness (QED) is 0.868. The minimum absolute atomic E-state index is 0.134. The fraction of sp³-hybridized carbons (Fsp3) is 0.143. The molecule has 0 aliphatic carbocycles. The van der Waals surface area contributed by atoms with E-state index in [1.54, 1.807) is 24.3 Å². The molecule has 5 heteroatoms. The molecule has 0 saturated carbocycles. The Bertz CT molecular complexity index is 619. The number of nitrogens with two attached hydrogens (primary N) is 1. The van der Waals surface area contributed by atoms with Gasteiger partial charge in [-0.1, -0.05) is 23.7 Å². The Morgan fingerprint density at radius 3 is 2.68 bits per heavy atom. The average molecular weight is 345 g/mol. The monoisotopic (exact) mass is 343 g/mol. The molecule has 0 bridgehead atoms. The molecular weight excluding hydrogens is 333 g/mol. The molecule has 100 valence electrons. The van der Waals surface area contributed by atoms with Crippen LogP contribution < -0.4 is 10.5 Å². The average Bonchev–Trinajstić information content (AvgIpc) is 2.39. The van der Waals surface area contributed by atoms with Crippen LogP contribution in [0.5, 0.6) is 11.5 Å². The van der Waals surface area contributed by atoms with Gasteiger partial charge in [0.25, 0.3) is 0 Å². The number of hydrogen-bond donors (Lipinski definition) is 1. The molecule has 0 unspecified atom stereocenters. The molecule has 0 saturated heterocycles. The summed E-state index contributed by atoms with van der Waals surface area (Å²) in [4.78, 5) is 0. The third-order valence-corrected chi connectivity index (χ3v) is 3.81. The van der Waals surface area contributed by atoms with E-state index in [1.165, 1.54) is 0 Å². The van der Waals surface area contributed by atoms with Gasteiger partial charge >= 0.3 is 0 Å². The highest BCUT2D eigenvalue weighted by atomic mass is 79.9. The van der Waals surface area contributed by atoms with Crippen molar-refractivity contribution in [2.45, 2.75) is 13.5 Å². The Hall–Kier alpha value is -1.10. The maximum absolute atomic E-state index is 14.1. The number of ether oxygens (including phenoxy) is 1. The van der Waals surface area contributed by atoms with Crippen LogP contribution in [-0.4, -0.2) is 0 Å². The molecule has 2 rings (SSSR count). The lowest BCUT2D eigenvalue weighted by Gasteiger charge is -2.12. The largest absolute Gasteiger partial charge is 0.454 e. The molecule has 0 aromatic heterocycles. The zero-order valence-corrected chi connectivity index (χ0v) is 12.6. The molecule has 2 aromatic carbocycles. The smallest absolute Gasteiger partial charge is 0.180 e. The van der Waals surface area contributed by atoms with Crippen molar-refractivity contribution in [2.75, 3.05) is 0 Å². The lowest BCUT2D eigenvalue weighted by Crippen LogP contribution is -2.00. The molecule has 19 heavy (non-hydrogen) atoms. The molecule has 2 nitrogen and oxygen atoms in total. The van der Waals surface area contributed by atoms with Gasteiger partial charge < -0.3 is 10.5 Å². The van der Waals surface area contributed by atoms with E-state index in [0.717, 1.165) is 5.56 Å². The minimum Gasteiger partial charge on any atom is -0.454 e. The first-order chi connectivity index (χ1) is 9.02. The molecule has 0 amide bonds. The van der Waals surface area contributed by atoms with Crippen molar-refractivity contribution >= 4 is 27.5 Å². The summed E-state index contributed by atoms with van der Waals surface area (Å²) < 4.78 is 20.0. The lowest BCUT2D eigenvalue weighted by molar-refractivity contribution is 0.437. The fourth-order valence-electron chi connectivity index (χ4n) is 1.61. The van der Waals surface area contributed by atoms with Crippen LogP contribution in [0.15, 0.2) is 34.8 Å². The maximum atomic E-state index is 14.1. The lowest BCUT2D eigenvalue weighted by atomic mass is 10.2. The van der Waals surface area contributed by atoms with Crippen molar-refractivity contribution < 1.29 is 9.13 Å². The highest BCUT2D eigenvalue weighted by molar-refractivity contribution is 9.10. The van der Waals surface area contributed by atoms with Gasteiger partial charge in [0.2, 0.25) is 0 Å². The first-order valence-electron chi connectivity index (χ1n) is 5.64. The van der Waals surface area contributed by atoms with E-state index in [2.05, 4.69) is 15.9 Å². The molecule has 0 spiro atoms. The second-order valence-electron chi connectivity index (χ2n) is 4.07. The van der Waals surface area contributed by atoms with Crippen molar-refractivity contribution in [1.82, 2.24) is 0 Å². The van der Waals surface area contributed by atoms with Gasteiger partial charge in [0.1, 0.15) is 5.75 Å². The number of halogens is 3. The molecule has 0 fully saturated rings. The van der Waals surface area contributed by atoms with Crippen LogP contribution >= 0.6 is 27.5 Å². The summed E-state index contributed by atoms with van der Waals surface area (Å²) in [5.41, 5.74) is 7.08. The van der Waals surface area contributed by atoms with E-state index in [9.17, 15) is 4.39 Å². The normalized spacial score (nSPS) is 10.6. The van der Waals surface area contributed by atoms with Crippen LogP contribution in [0.25, 0.3) is 0 Å². The number of hydrogen-bond acceptors (Lipinski definition) is 2. The van der Waals surface area contributed by atoms with E-state index < -0.39 is 5.82 Å². The summed E-state index contributed by atoms with van der Waals surface area (Å²) in [5, 5.41) is 0.540. The van der Waals surface area contributed by atoms with Gasteiger partial charge in [-0.15, -0.1) is 0 Å². The van der Waals surface area contributed by atoms with Gasteiger partial charge in [-0.3, -0.25) is 0 Å². The van der Waals surface area contributed by atoms with Crippen molar-refractivity contribution in [1.29, 1.82) is 0 Å². The van der Waals surface area contributed by atoms with E-state index in [4.69, 9.17) is 22.1 Å². The molecule has 2 N–H and O–H groups in total. The van der Waals surface area contributed by atoms with Crippen LogP contribution in [0.1, 0.15) is 11.1 Å². The summed E-state index contributed by atoms with van der Waals surface area (Å²) >= 11 is 9.08. The van der Waals surface area contributed by atoms with E-state index in [0.29, 0.717) is 20.8 Å². The second-order valence-corrected chi connectivity index (χ2v) is 5.30. The molecule has 0 aliphatic rings. The number of aryl methyl sites for hydroxylation is 1. The van der Waals surface area contributed by atoms with Crippen LogP contribution in [0, 0.1) is 12.7 Å². The Kier molecular flexibility index (Phi) is 4.45. The van der Waals surface area contributed by atoms with Crippen LogP contribution in [0.2, 0.25) is 5.02 Å². The summed E-state index contributed by atoms with van der Waals surface area (Å²) in [7, 11) is 0. The van der Waals surface area contributed by atoms with Gasteiger partial charge in [-0.05, 0) is 52.2 Å². The highest BCUT2D eigenvalue weighted by Gasteiger charge is 2.13. The topological polar surface area (TPSA) is 35.2 Å². The van der Waals surface area contributed by atoms with Crippen molar-refractivity contribution in [3.8, 4) is 11.5 Å². The summed E-state index contributed by atoms with van der Waals surface area (Å²) in [6.07, 6.45) is 0. The number of rotatable bonds is 3. The van der Waals surface area contributed by atoms with Crippen LogP contribution in [-0.2, 0) is 6.54 Å². The summed E-state index contributed by atoms with van der Waals surface area (Å²) in [5.74, 6) is 0.190. The first-order valence-corrected chi connectivity index (χ1v) is 6.81. The van der Waals surface area contributed by atoms with Gasteiger partial charge in [0, 0.05) is 11.6 Å². The van der Waals surface area contributed by atoms with E-state index in [-0.39, 0.29) is 12.3 Å². The molecule has 0 atom stereocenters. The standard InChI is InChI=1S/C14H12BrClFNO/c1-8-2-4-10(16)6-12(8)19-11-5-3-9(7-18)13(15)14(11)17/h2-6H,7,18H2,1H3. The number of benzene rings is 2. The predicted octanol–water partition coefficient (Wildman–Crippen LogP) is 4.80. The highest BCUT2D eigenvalue weighted by Crippen LogP contribution is 2.33. The predicted molar refractivity (Wildman–Crippen MR) is 78.3 cm³/mol. The van der Waals surface area contributed by atoms with Gasteiger partial charge in [0.05, 0.1) is 4.47 Å². The van der Waals surface area contributed by atoms with Crippen LogP contribution in [0.3, 0.4) is 0 Å². The SMILES string of the molecule is Cc1ccc(Cl)cc1Oc1ccc(CN)c(Br)c1F. The zero-order chi connectivity index (χ0) is 14.0. The van der Waals surface area contributed by atoms with Crippen molar-refractivity contribution in [3.63, 3.8) is 0 Å².